The Bertz CT molecular complexity index is 442. The van der Waals surface area contributed by atoms with Gasteiger partial charge in [0.1, 0.15) is 11.1 Å². The Hall–Kier alpha value is -1.43. The van der Waals surface area contributed by atoms with Crippen LogP contribution < -0.4 is 11.5 Å². The number of ether oxygens (including phenoxy) is 1. The molecule has 1 aromatic rings. The molecule has 2 unspecified atom stereocenters. The molecule has 0 aliphatic heterocycles. The number of aliphatic hydroxyl groups is 1. The second-order valence-corrected chi connectivity index (χ2v) is 5.96. The summed E-state index contributed by atoms with van der Waals surface area (Å²) in [5.74, 6) is -0.646. The van der Waals surface area contributed by atoms with Crippen LogP contribution in [0.5, 0.6) is 0 Å². The normalized spacial score (nSPS) is 16.3. The third-order valence-corrected chi connectivity index (χ3v) is 2.94. The third-order valence-electron chi connectivity index (χ3n) is 2.94. The van der Waals surface area contributed by atoms with Gasteiger partial charge in [0, 0.05) is 13.0 Å². The molecule has 0 aliphatic carbocycles. The molecule has 112 valence electrons. The van der Waals surface area contributed by atoms with Gasteiger partial charge in [0.25, 0.3) is 0 Å². The fourth-order valence-electron chi connectivity index (χ4n) is 1.84. The molecule has 0 saturated carbocycles. The minimum atomic E-state index is -1.55. The zero-order valence-corrected chi connectivity index (χ0v) is 12.3. The molecule has 5 heteroatoms. The lowest BCUT2D eigenvalue weighted by atomic mass is 9.86. The highest BCUT2D eigenvalue weighted by Gasteiger charge is 2.43. The number of carbonyl (C=O) groups is 1. The maximum atomic E-state index is 12.3. The monoisotopic (exact) mass is 280 g/mol. The van der Waals surface area contributed by atoms with Crippen LogP contribution >= 0.6 is 0 Å². The van der Waals surface area contributed by atoms with E-state index in [1.165, 1.54) is 0 Å². The van der Waals surface area contributed by atoms with Crippen molar-refractivity contribution in [3.8, 4) is 0 Å². The summed E-state index contributed by atoms with van der Waals surface area (Å²) in [6, 6.07) is 9.25. The zero-order chi connectivity index (χ0) is 15.4. The molecule has 1 aromatic carbocycles. The summed E-state index contributed by atoms with van der Waals surface area (Å²) in [5, 5.41) is 10.1. The van der Waals surface area contributed by atoms with Gasteiger partial charge in [-0.2, -0.15) is 0 Å². The predicted molar refractivity (Wildman–Crippen MR) is 78.0 cm³/mol. The first-order valence-electron chi connectivity index (χ1n) is 6.63. The van der Waals surface area contributed by atoms with Crippen LogP contribution in [-0.4, -0.2) is 34.9 Å². The topological polar surface area (TPSA) is 98.6 Å². The van der Waals surface area contributed by atoms with E-state index in [0.29, 0.717) is 0 Å². The number of esters is 1. The van der Waals surface area contributed by atoms with Crippen molar-refractivity contribution < 1.29 is 14.6 Å². The molecule has 20 heavy (non-hydrogen) atoms. The minimum Gasteiger partial charge on any atom is -0.459 e. The van der Waals surface area contributed by atoms with Crippen molar-refractivity contribution in [1.29, 1.82) is 0 Å². The SMILES string of the molecule is CC(C)(C)OC(=O)C(N)(Cc1ccccc1)C(O)CN. The Kier molecular flexibility index (Phi) is 5.28. The summed E-state index contributed by atoms with van der Waals surface area (Å²) in [4.78, 5) is 12.3. The quantitative estimate of drug-likeness (QED) is 0.686. The lowest BCUT2D eigenvalue weighted by molar-refractivity contribution is -0.166. The highest BCUT2D eigenvalue weighted by molar-refractivity contribution is 5.82. The van der Waals surface area contributed by atoms with Gasteiger partial charge in [0.2, 0.25) is 0 Å². The average molecular weight is 280 g/mol. The number of aliphatic hydroxyl groups excluding tert-OH is 1. The summed E-state index contributed by atoms with van der Waals surface area (Å²) in [6.45, 7) is 5.15. The van der Waals surface area contributed by atoms with Gasteiger partial charge >= 0.3 is 5.97 Å². The number of hydrogen-bond acceptors (Lipinski definition) is 5. The maximum Gasteiger partial charge on any atom is 0.329 e. The third kappa shape index (κ3) is 4.30. The lowest BCUT2D eigenvalue weighted by Gasteiger charge is -2.34. The molecule has 5 N–H and O–H groups in total. The number of nitrogens with two attached hydrogens (primary N) is 2. The summed E-state index contributed by atoms with van der Waals surface area (Å²) in [7, 11) is 0. The van der Waals surface area contributed by atoms with Crippen LogP contribution in [0.25, 0.3) is 0 Å². The Morgan fingerprint density at radius 2 is 1.85 bits per heavy atom. The molecule has 0 heterocycles. The molecule has 5 nitrogen and oxygen atoms in total. The summed E-state index contributed by atoms with van der Waals surface area (Å²) < 4.78 is 5.32. The Balaban J connectivity index is 3.00. The van der Waals surface area contributed by atoms with E-state index in [1.807, 2.05) is 30.3 Å². The number of hydrogen-bond donors (Lipinski definition) is 3. The van der Waals surface area contributed by atoms with Gasteiger partial charge in [-0.25, -0.2) is 4.79 Å². The highest BCUT2D eigenvalue weighted by atomic mass is 16.6. The largest absolute Gasteiger partial charge is 0.459 e. The summed E-state index contributed by atoms with van der Waals surface area (Å²) >= 11 is 0. The van der Waals surface area contributed by atoms with E-state index in [1.54, 1.807) is 20.8 Å². The molecule has 2 atom stereocenters. The standard InChI is InChI=1S/C15H24N2O3/c1-14(2,3)20-13(19)15(17,12(18)10-16)9-11-7-5-4-6-8-11/h4-8,12,18H,9-10,16-17H2,1-3H3. The summed E-state index contributed by atoms with van der Waals surface area (Å²) in [6.07, 6.45) is -1.00. The molecule has 0 fully saturated rings. The van der Waals surface area contributed by atoms with Crippen LogP contribution in [0.2, 0.25) is 0 Å². The number of carbonyl (C=O) groups excluding carboxylic acids is 1. The highest BCUT2D eigenvalue weighted by Crippen LogP contribution is 2.20. The molecule has 0 bridgehead atoms. The van der Waals surface area contributed by atoms with E-state index >= 15 is 0 Å². The first-order chi connectivity index (χ1) is 9.19. The van der Waals surface area contributed by atoms with E-state index in [0.717, 1.165) is 5.56 Å². The van der Waals surface area contributed by atoms with E-state index < -0.39 is 23.2 Å². The lowest BCUT2D eigenvalue weighted by Crippen LogP contribution is -2.62. The molecule has 0 radical (unpaired) electrons. The molecule has 0 spiro atoms. The van der Waals surface area contributed by atoms with E-state index in [4.69, 9.17) is 16.2 Å². The fraction of sp³-hybridized carbons (Fsp3) is 0.533. The van der Waals surface area contributed by atoms with Crippen molar-refractivity contribution in [2.75, 3.05) is 6.54 Å². The van der Waals surface area contributed by atoms with Crippen LogP contribution in [-0.2, 0) is 16.0 Å². The molecule has 0 aromatic heterocycles. The van der Waals surface area contributed by atoms with Gasteiger partial charge in [-0.1, -0.05) is 30.3 Å². The van der Waals surface area contributed by atoms with Crippen LogP contribution in [0.3, 0.4) is 0 Å². The van der Waals surface area contributed by atoms with Crippen LogP contribution in [0.15, 0.2) is 30.3 Å². The van der Waals surface area contributed by atoms with Crippen LogP contribution in [0.1, 0.15) is 26.3 Å². The molecule has 0 saturated heterocycles. The van der Waals surface area contributed by atoms with E-state index in [-0.39, 0.29) is 13.0 Å². The second kappa shape index (κ2) is 6.35. The molecule has 1 rings (SSSR count). The van der Waals surface area contributed by atoms with Crippen molar-refractivity contribution in [2.45, 2.75) is 44.4 Å². The van der Waals surface area contributed by atoms with Gasteiger partial charge in [-0.15, -0.1) is 0 Å². The van der Waals surface area contributed by atoms with Crippen molar-refractivity contribution in [3.63, 3.8) is 0 Å². The Morgan fingerprint density at radius 3 is 2.30 bits per heavy atom. The van der Waals surface area contributed by atoms with Crippen molar-refractivity contribution >= 4 is 5.97 Å². The van der Waals surface area contributed by atoms with E-state index in [2.05, 4.69) is 0 Å². The molecule has 0 amide bonds. The van der Waals surface area contributed by atoms with Gasteiger partial charge < -0.3 is 21.3 Å². The Labute approximate surface area is 119 Å². The zero-order valence-electron chi connectivity index (χ0n) is 12.3. The van der Waals surface area contributed by atoms with Crippen molar-refractivity contribution in [3.05, 3.63) is 35.9 Å². The smallest absolute Gasteiger partial charge is 0.329 e. The fourth-order valence-corrected chi connectivity index (χ4v) is 1.84. The maximum absolute atomic E-state index is 12.3. The number of benzene rings is 1. The van der Waals surface area contributed by atoms with Crippen molar-refractivity contribution in [1.82, 2.24) is 0 Å². The average Bonchev–Trinajstić information content (AvgIpc) is 2.36. The van der Waals surface area contributed by atoms with Crippen molar-refractivity contribution in [2.24, 2.45) is 11.5 Å². The predicted octanol–water partition coefficient (Wildman–Crippen LogP) is 0.588. The molecule has 0 aliphatic rings. The van der Waals surface area contributed by atoms with Gasteiger partial charge in [-0.3, -0.25) is 0 Å². The summed E-state index contributed by atoms with van der Waals surface area (Å²) in [5.41, 5.74) is 10.2. The van der Waals surface area contributed by atoms with Gasteiger partial charge in [0.15, 0.2) is 0 Å². The Morgan fingerprint density at radius 1 is 1.30 bits per heavy atom. The first-order valence-corrected chi connectivity index (χ1v) is 6.63. The second-order valence-electron chi connectivity index (χ2n) is 5.96. The van der Waals surface area contributed by atoms with Crippen LogP contribution in [0.4, 0.5) is 0 Å². The first kappa shape index (κ1) is 16.6. The number of rotatable bonds is 5. The van der Waals surface area contributed by atoms with Gasteiger partial charge in [0.05, 0.1) is 6.10 Å². The molecular weight excluding hydrogens is 256 g/mol. The van der Waals surface area contributed by atoms with E-state index in [9.17, 15) is 9.90 Å². The van der Waals surface area contributed by atoms with Crippen LogP contribution in [0, 0.1) is 0 Å². The molecular formula is C15H24N2O3. The minimum absolute atomic E-state index is 0.109. The van der Waals surface area contributed by atoms with Gasteiger partial charge in [-0.05, 0) is 26.3 Å².